The van der Waals surface area contributed by atoms with Crippen LogP contribution in [0.1, 0.15) is 38.8 Å². The van der Waals surface area contributed by atoms with E-state index in [9.17, 15) is 0 Å². The lowest BCUT2D eigenvalue weighted by molar-refractivity contribution is 0.567. The van der Waals surface area contributed by atoms with Crippen molar-refractivity contribution < 1.29 is 4.42 Å². The summed E-state index contributed by atoms with van der Waals surface area (Å²) >= 11 is 1.70. The van der Waals surface area contributed by atoms with E-state index in [1.165, 1.54) is 11.1 Å². The minimum Gasteiger partial charge on any atom is -0.461 e. The van der Waals surface area contributed by atoms with Crippen molar-refractivity contribution in [1.82, 2.24) is 14.8 Å². The molecular weight excluding hydrogens is 318 g/mol. The number of hydrogen-bond donors (Lipinski definition) is 0. The van der Waals surface area contributed by atoms with Gasteiger partial charge in [0.25, 0.3) is 0 Å². The van der Waals surface area contributed by atoms with Gasteiger partial charge in [0.1, 0.15) is 0 Å². The third-order valence-electron chi connectivity index (χ3n) is 3.96. The lowest BCUT2D eigenvalue weighted by Crippen LogP contribution is -2.10. The molecule has 3 rings (SSSR count). The van der Waals surface area contributed by atoms with Crippen molar-refractivity contribution in [2.75, 3.05) is 0 Å². The summed E-state index contributed by atoms with van der Waals surface area (Å²) in [5, 5.41) is 9.54. The second-order valence-electron chi connectivity index (χ2n) is 6.76. The van der Waals surface area contributed by atoms with Crippen molar-refractivity contribution in [3.8, 4) is 11.6 Å². The number of hydrogen-bond acceptors (Lipinski definition) is 4. The van der Waals surface area contributed by atoms with Gasteiger partial charge in [0, 0.05) is 12.3 Å². The Morgan fingerprint density at radius 1 is 1.08 bits per heavy atom. The van der Waals surface area contributed by atoms with Gasteiger partial charge >= 0.3 is 0 Å². The van der Waals surface area contributed by atoms with Crippen LogP contribution >= 0.6 is 11.8 Å². The molecular formula is C19H23N3OS. The lowest BCUT2D eigenvalue weighted by Gasteiger charge is -2.19. The van der Waals surface area contributed by atoms with E-state index in [1.807, 2.05) is 12.1 Å². The predicted octanol–water partition coefficient (Wildman–Crippen LogP) is 5.15. The molecule has 0 aliphatic heterocycles. The molecule has 0 aliphatic carbocycles. The average Bonchev–Trinajstić information content (AvgIpc) is 3.21. The van der Waals surface area contributed by atoms with Gasteiger partial charge in [-0.1, -0.05) is 56.8 Å². The van der Waals surface area contributed by atoms with Gasteiger partial charge in [-0.15, -0.1) is 10.2 Å². The van der Waals surface area contributed by atoms with Crippen molar-refractivity contribution in [3.63, 3.8) is 0 Å². The van der Waals surface area contributed by atoms with E-state index in [1.54, 1.807) is 18.0 Å². The Labute approximate surface area is 147 Å². The number of furan rings is 1. The van der Waals surface area contributed by atoms with Crippen LogP contribution in [0, 0.1) is 0 Å². The summed E-state index contributed by atoms with van der Waals surface area (Å²) in [7, 11) is 0. The van der Waals surface area contributed by atoms with E-state index >= 15 is 0 Å². The molecule has 126 valence electrons. The van der Waals surface area contributed by atoms with Crippen molar-refractivity contribution in [1.29, 1.82) is 0 Å². The molecule has 0 unspecified atom stereocenters. The molecule has 0 fully saturated rings. The third kappa shape index (κ3) is 3.56. The molecule has 2 heterocycles. The molecule has 24 heavy (non-hydrogen) atoms. The zero-order valence-electron chi connectivity index (χ0n) is 14.6. The average molecular weight is 341 g/mol. The number of thioether (sulfide) groups is 1. The monoisotopic (exact) mass is 341 g/mol. The zero-order chi connectivity index (χ0) is 17.2. The number of aromatic nitrogens is 3. The Morgan fingerprint density at radius 2 is 1.83 bits per heavy atom. The fourth-order valence-electron chi connectivity index (χ4n) is 2.52. The molecule has 0 radical (unpaired) electrons. The first-order valence-corrected chi connectivity index (χ1v) is 9.17. The van der Waals surface area contributed by atoms with E-state index in [0.29, 0.717) is 0 Å². The molecule has 0 N–H and O–H groups in total. The molecule has 0 atom stereocenters. The summed E-state index contributed by atoms with van der Waals surface area (Å²) in [6.07, 6.45) is 1.66. The summed E-state index contributed by atoms with van der Waals surface area (Å²) < 4.78 is 7.54. The van der Waals surface area contributed by atoms with E-state index in [0.717, 1.165) is 29.0 Å². The van der Waals surface area contributed by atoms with Crippen LogP contribution in [0.25, 0.3) is 11.6 Å². The van der Waals surface area contributed by atoms with Crippen LogP contribution in [0.15, 0.2) is 52.2 Å². The highest BCUT2D eigenvalue weighted by Crippen LogP contribution is 2.28. The number of benzene rings is 1. The topological polar surface area (TPSA) is 43.9 Å². The summed E-state index contributed by atoms with van der Waals surface area (Å²) in [6.45, 7) is 9.61. The van der Waals surface area contributed by atoms with Crippen molar-refractivity contribution in [3.05, 3.63) is 53.8 Å². The molecule has 0 amide bonds. The number of nitrogens with zero attached hydrogens (tertiary/aromatic N) is 3. The van der Waals surface area contributed by atoms with Crippen molar-refractivity contribution in [2.45, 2.75) is 50.6 Å². The lowest BCUT2D eigenvalue weighted by atomic mass is 9.87. The molecule has 0 aliphatic rings. The van der Waals surface area contributed by atoms with Crippen LogP contribution in [0.5, 0.6) is 0 Å². The fraction of sp³-hybridized carbons (Fsp3) is 0.368. The molecule has 0 saturated heterocycles. The van der Waals surface area contributed by atoms with E-state index in [4.69, 9.17) is 4.42 Å². The first-order chi connectivity index (χ1) is 11.5. The molecule has 0 spiro atoms. The fourth-order valence-corrected chi connectivity index (χ4v) is 3.48. The zero-order valence-corrected chi connectivity index (χ0v) is 15.4. The molecule has 4 nitrogen and oxygen atoms in total. The maximum absolute atomic E-state index is 5.45. The first-order valence-electron chi connectivity index (χ1n) is 8.18. The molecule has 0 saturated carbocycles. The summed E-state index contributed by atoms with van der Waals surface area (Å²) in [5.74, 6) is 2.42. The van der Waals surface area contributed by atoms with Crippen molar-refractivity contribution in [2.24, 2.45) is 0 Å². The van der Waals surface area contributed by atoms with Crippen LogP contribution in [0.4, 0.5) is 0 Å². The summed E-state index contributed by atoms with van der Waals surface area (Å²) in [6, 6.07) is 12.6. The highest BCUT2D eigenvalue weighted by Gasteiger charge is 2.16. The molecule has 1 aromatic carbocycles. The first kappa shape index (κ1) is 16.8. The van der Waals surface area contributed by atoms with Crippen LogP contribution < -0.4 is 0 Å². The SMILES string of the molecule is CCn1c(SCc2ccc(C(C)(C)C)cc2)nnc1-c1ccco1. The Bertz CT molecular complexity index is 783. The van der Waals surface area contributed by atoms with Gasteiger partial charge in [0.05, 0.1) is 6.26 Å². The second kappa shape index (κ2) is 6.85. The third-order valence-corrected chi connectivity index (χ3v) is 5.00. The Balaban J connectivity index is 1.73. The van der Waals surface area contributed by atoms with Gasteiger partial charge in [0.2, 0.25) is 0 Å². The normalized spacial score (nSPS) is 11.8. The van der Waals surface area contributed by atoms with Gasteiger partial charge in [0.15, 0.2) is 16.7 Å². The van der Waals surface area contributed by atoms with Crippen molar-refractivity contribution >= 4 is 11.8 Å². The maximum atomic E-state index is 5.45. The highest BCUT2D eigenvalue weighted by molar-refractivity contribution is 7.98. The Hall–Kier alpha value is -2.01. The minimum atomic E-state index is 0.187. The van der Waals surface area contributed by atoms with Crippen LogP contribution in [-0.4, -0.2) is 14.8 Å². The minimum absolute atomic E-state index is 0.187. The predicted molar refractivity (Wildman–Crippen MR) is 98.1 cm³/mol. The van der Waals surface area contributed by atoms with Gasteiger partial charge in [-0.3, -0.25) is 4.57 Å². The second-order valence-corrected chi connectivity index (χ2v) is 7.71. The number of rotatable bonds is 5. The van der Waals surface area contributed by atoms with Gasteiger partial charge in [-0.05, 0) is 35.6 Å². The van der Waals surface area contributed by atoms with Crippen LogP contribution in [-0.2, 0) is 17.7 Å². The quantitative estimate of drug-likeness (QED) is 0.602. The van der Waals surface area contributed by atoms with E-state index in [2.05, 4.69) is 66.7 Å². The standard InChI is InChI=1S/C19H23N3OS/c1-5-22-17(16-7-6-12-23-16)20-21-18(22)24-13-14-8-10-15(11-9-14)19(2,3)4/h6-12H,5,13H2,1-4H3. The Kier molecular flexibility index (Phi) is 4.81. The van der Waals surface area contributed by atoms with Gasteiger partial charge < -0.3 is 4.42 Å². The summed E-state index contributed by atoms with van der Waals surface area (Å²) in [4.78, 5) is 0. The van der Waals surface area contributed by atoms with Crippen LogP contribution in [0.3, 0.4) is 0 Å². The summed E-state index contributed by atoms with van der Waals surface area (Å²) in [5.41, 5.74) is 2.83. The van der Waals surface area contributed by atoms with Gasteiger partial charge in [-0.25, -0.2) is 0 Å². The largest absolute Gasteiger partial charge is 0.461 e. The molecule has 5 heteroatoms. The smallest absolute Gasteiger partial charge is 0.200 e. The van der Waals surface area contributed by atoms with E-state index < -0.39 is 0 Å². The van der Waals surface area contributed by atoms with Crippen LogP contribution in [0.2, 0.25) is 0 Å². The highest BCUT2D eigenvalue weighted by atomic mass is 32.2. The molecule has 2 aromatic heterocycles. The van der Waals surface area contributed by atoms with Gasteiger partial charge in [-0.2, -0.15) is 0 Å². The molecule has 0 bridgehead atoms. The Morgan fingerprint density at radius 3 is 2.42 bits per heavy atom. The maximum Gasteiger partial charge on any atom is 0.200 e. The van der Waals surface area contributed by atoms with E-state index in [-0.39, 0.29) is 5.41 Å². The molecule has 3 aromatic rings.